The average molecular weight is 408 g/mol. The van der Waals surface area contributed by atoms with Crippen LogP contribution in [0, 0.1) is 18.8 Å². The fourth-order valence-corrected chi connectivity index (χ4v) is 5.82. The zero-order chi connectivity index (χ0) is 20.3. The Hall–Kier alpha value is -1.44. The summed E-state index contributed by atoms with van der Waals surface area (Å²) in [6, 6.07) is 7.29. The van der Waals surface area contributed by atoms with E-state index >= 15 is 0 Å². The van der Waals surface area contributed by atoms with E-state index in [9.17, 15) is 13.2 Å². The number of aryl methyl sites for hydroxylation is 1. The van der Waals surface area contributed by atoms with E-state index in [0.29, 0.717) is 49.5 Å². The Balaban J connectivity index is 1.50. The maximum Gasteiger partial charge on any atom is 0.243 e. The zero-order valence-electron chi connectivity index (χ0n) is 17.2. The number of hydrogen-bond acceptors (Lipinski definition) is 4. The van der Waals surface area contributed by atoms with Crippen molar-refractivity contribution < 1.29 is 13.2 Å². The number of sulfonamides is 1. The summed E-state index contributed by atoms with van der Waals surface area (Å²) in [6.45, 7) is 8.71. The molecule has 0 unspecified atom stereocenters. The van der Waals surface area contributed by atoms with Crippen LogP contribution in [-0.2, 0) is 14.8 Å². The second-order valence-electron chi connectivity index (χ2n) is 8.44. The van der Waals surface area contributed by atoms with E-state index < -0.39 is 10.0 Å². The standard InChI is InChI=1S/C21H33N3O3S/c1-16-6-4-8-19(14-16)28(26,27)24-12-10-23(11-13-24)15-21(25)22-20-9-5-7-17(2)18(20)3/h4,6,8,14,17-18,20H,5,7,9-13,15H2,1-3H3,(H,22,25)/t17-,18-,20-/m1/s1. The molecule has 2 fully saturated rings. The van der Waals surface area contributed by atoms with Gasteiger partial charge in [-0.1, -0.05) is 38.8 Å². The van der Waals surface area contributed by atoms with Crippen LogP contribution in [0.2, 0.25) is 0 Å². The molecule has 1 heterocycles. The van der Waals surface area contributed by atoms with Gasteiger partial charge in [0, 0.05) is 32.2 Å². The Kier molecular flexibility index (Phi) is 6.78. The van der Waals surface area contributed by atoms with Crippen molar-refractivity contribution >= 4 is 15.9 Å². The molecule has 1 aliphatic carbocycles. The SMILES string of the molecule is Cc1cccc(S(=O)(=O)N2CCN(CC(=O)N[C@@H]3CCC[C@@H](C)[C@H]3C)CC2)c1. The van der Waals surface area contributed by atoms with Crippen molar-refractivity contribution in [3.63, 3.8) is 0 Å². The fourth-order valence-electron chi connectivity index (χ4n) is 4.29. The van der Waals surface area contributed by atoms with E-state index in [1.807, 2.05) is 13.0 Å². The second-order valence-corrected chi connectivity index (χ2v) is 10.4. The second kappa shape index (κ2) is 8.93. The van der Waals surface area contributed by atoms with Crippen molar-refractivity contribution in [1.29, 1.82) is 0 Å². The number of nitrogens with one attached hydrogen (secondary N) is 1. The number of amides is 1. The van der Waals surface area contributed by atoms with Crippen LogP contribution in [0.3, 0.4) is 0 Å². The minimum atomic E-state index is -3.47. The van der Waals surface area contributed by atoms with Gasteiger partial charge in [0.05, 0.1) is 11.4 Å². The molecule has 1 saturated heterocycles. The molecule has 0 bridgehead atoms. The van der Waals surface area contributed by atoms with Crippen LogP contribution in [0.4, 0.5) is 0 Å². The third kappa shape index (κ3) is 4.93. The Labute approximate surface area is 169 Å². The fraction of sp³-hybridized carbons (Fsp3) is 0.667. The number of piperazine rings is 1. The number of rotatable bonds is 5. The highest BCUT2D eigenvalue weighted by Crippen LogP contribution is 2.29. The van der Waals surface area contributed by atoms with Crippen LogP contribution >= 0.6 is 0 Å². The van der Waals surface area contributed by atoms with E-state index in [-0.39, 0.29) is 11.9 Å². The molecule has 7 heteroatoms. The molecule has 6 nitrogen and oxygen atoms in total. The highest BCUT2D eigenvalue weighted by Gasteiger charge is 2.31. The minimum Gasteiger partial charge on any atom is -0.352 e. The maximum absolute atomic E-state index is 12.8. The molecule has 1 aliphatic heterocycles. The molecule has 1 aromatic carbocycles. The molecule has 3 atom stereocenters. The van der Waals surface area contributed by atoms with E-state index in [2.05, 4.69) is 24.1 Å². The summed E-state index contributed by atoms with van der Waals surface area (Å²) in [4.78, 5) is 14.9. The van der Waals surface area contributed by atoms with Gasteiger partial charge >= 0.3 is 0 Å². The summed E-state index contributed by atoms with van der Waals surface area (Å²) in [5.41, 5.74) is 0.933. The quantitative estimate of drug-likeness (QED) is 0.813. The van der Waals surface area contributed by atoms with Crippen molar-refractivity contribution in [3.05, 3.63) is 29.8 Å². The third-order valence-corrected chi connectivity index (χ3v) is 8.27. The lowest BCUT2D eigenvalue weighted by Gasteiger charge is -2.36. The largest absolute Gasteiger partial charge is 0.352 e. The summed E-state index contributed by atoms with van der Waals surface area (Å²) >= 11 is 0. The van der Waals surface area contributed by atoms with E-state index in [1.165, 1.54) is 17.1 Å². The number of carbonyl (C=O) groups excluding carboxylic acids is 1. The van der Waals surface area contributed by atoms with Gasteiger partial charge in [0.15, 0.2) is 0 Å². The Bertz CT molecular complexity index is 788. The van der Waals surface area contributed by atoms with Gasteiger partial charge in [-0.15, -0.1) is 0 Å². The monoisotopic (exact) mass is 407 g/mol. The van der Waals surface area contributed by atoms with Crippen LogP contribution in [0.15, 0.2) is 29.2 Å². The van der Waals surface area contributed by atoms with E-state index in [4.69, 9.17) is 0 Å². The van der Waals surface area contributed by atoms with Crippen LogP contribution in [0.25, 0.3) is 0 Å². The van der Waals surface area contributed by atoms with Crippen molar-refractivity contribution in [3.8, 4) is 0 Å². The predicted molar refractivity (Wildman–Crippen MR) is 110 cm³/mol. The molecule has 156 valence electrons. The molecular formula is C21H33N3O3S. The first-order chi connectivity index (χ1) is 13.3. The molecule has 1 N–H and O–H groups in total. The molecule has 2 aliphatic rings. The van der Waals surface area contributed by atoms with Gasteiger partial charge in [0.25, 0.3) is 0 Å². The lowest BCUT2D eigenvalue weighted by Crippen LogP contribution is -2.52. The normalized spacial score (nSPS) is 27.5. The van der Waals surface area contributed by atoms with Gasteiger partial charge in [-0.2, -0.15) is 4.31 Å². The van der Waals surface area contributed by atoms with Crippen molar-refractivity contribution in [2.45, 2.75) is 51.0 Å². The summed E-state index contributed by atoms with van der Waals surface area (Å²) in [5.74, 6) is 1.21. The topological polar surface area (TPSA) is 69.7 Å². The Morgan fingerprint density at radius 1 is 1.14 bits per heavy atom. The van der Waals surface area contributed by atoms with Gasteiger partial charge in [0.2, 0.25) is 15.9 Å². The predicted octanol–water partition coefficient (Wildman–Crippen LogP) is 2.24. The Morgan fingerprint density at radius 2 is 1.86 bits per heavy atom. The molecule has 0 radical (unpaired) electrons. The van der Waals surface area contributed by atoms with E-state index in [1.54, 1.807) is 18.2 Å². The van der Waals surface area contributed by atoms with Crippen LogP contribution < -0.4 is 5.32 Å². The lowest BCUT2D eigenvalue weighted by atomic mass is 9.78. The first-order valence-electron chi connectivity index (χ1n) is 10.4. The molecule has 3 rings (SSSR count). The summed E-state index contributed by atoms with van der Waals surface area (Å²) in [7, 11) is -3.47. The van der Waals surface area contributed by atoms with Crippen molar-refractivity contribution in [2.24, 2.45) is 11.8 Å². The van der Waals surface area contributed by atoms with Crippen molar-refractivity contribution in [1.82, 2.24) is 14.5 Å². The summed E-state index contributed by atoms with van der Waals surface area (Å²) < 4.78 is 27.2. The van der Waals surface area contributed by atoms with Crippen LogP contribution in [0.5, 0.6) is 0 Å². The number of nitrogens with zero attached hydrogens (tertiary/aromatic N) is 2. The summed E-state index contributed by atoms with van der Waals surface area (Å²) in [5, 5.41) is 3.21. The van der Waals surface area contributed by atoms with Gasteiger partial charge < -0.3 is 5.32 Å². The first kappa shape index (κ1) is 21.3. The lowest BCUT2D eigenvalue weighted by molar-refractivity contribution is -0.124. The maximum atomic E-state index is 12.8. The minimum absolute atomic E-state index is 0.0564. The number of hydrogen-bond donors (Lipinski definition) is 1. The van der Waals surface area contributed by atoms with Crippen molar-refractivity contribution in [2.75, 3.05) is 32.7 Å². The van der Waals surface area contributed by atoms with Crippen LogP contribution in [0.1, 0.15) is 38.7 Å². The highest BCUT2D eigenvalue weighted by atomic mass is 32.2. The number of benzene rings is 1. The highest BCUT2D eigenvalue weighted by molar-refractivity contribution is 7.89. The van der Waals surface area contributed by atoms with Gasteiger partial charge in [-0.05, 0) is 42.9 Å². The molecule has 1 amide bonds. The van der Waals surface area contributed by atoms with Gasteiger partial charge in [-0.3, -0.25) is 9.69 Å². The smallest absolute Gasteiger partial charge is 0.243 e. The van der Waals surface area contributed by atoms with Gasteiger partial charge in [-0.25, -0.2) is 8.42 Å². The zero-order valence-corrected chi connectivity index (χ0v) is 18.0. The van der Waals surface area contributed by atoms with Crippen LogP contribution in [-0.4, -0.2) is 62.3 Å². The third-order valence-electron chi connectivity index (χ3n) is 6.38. The summed E-state index contributed by atoms with van der Waals surface area (Å²) in [6.07, 6.45) is 3.47. The molecule has 0 spiro atoms. The molecule has 1 aromatic rings. The van der Waals surface area contributed by atoms with Gasteiger partial charge in [0.1, 0.15) is 0 Å². The molecule has 1 saturated carbocycles. The molecule has 0 aromatic heterocycles. The van der Waals surface area contributed by atoms with E-state index in [0.717, 1.165) is 12.0 Å². The molecule has 28 heavy (non-hydrogen) atoms. The number of carbonyl (C=O) groups is 1. The Morgan fingerprint density at radius 3 is 2.54 bits per heavy atom. The first-order valence-corrected chi connectivity index (χ1v) is 11.8. The molecular weight excluding hydrogens is 374 g/mol. The average Bonchev–Trinajstić information content (AvgIpc) is 2.66.